The molecule has 0 saturated carbocycles. The van der Waals surface area contributed by atoms with Gasteiger partial charge < -0.3 is 19.0 Å². The van der Waals surface area contributed by atoms with Gasteiger partial charge in [0.05, 0.1) is 27.7 Å². The molecule has 0 aliphatic heterocycles. The molecule has 0 aromatic heterocycles. The Morgan fingerprint density at radius 1 is 1.46 bits per heavy atom. The molecule has 13 heavy (non-hydrogen) atoms. The zero-order chi connectivity index (χ0) is 10.4. The predicted molar refractivity (Wildman–Crippen MR) is 60.0 cm³/mol. The first-order valence-corrected chi connectivity index (χ1v) is 5.42. The van der Waals surface area contributed by atoms with Gasteiger partial charge in [0.25, 0.3) is 0 Å². The van der Waals surface area contributed by atoms with Crippen molar-refractivity contribution in [3.8, 4) is 0 Å². The molecule has 0 rings (SSSR count). The van der Waals surface area contributed by atoms with Crippen LogP contribution in [0.25, 0.3) is 0 Å². The van der Waals surface area contributed by atoms with Gasteiger partial charge in [0, 0.05) is 6.66 Å². The molecule has 7 heteroatoms. The van der Waals surface area contributed by atoms with Crippen LogP contribution in [0.1, 0.15) is 0 Å². The minimum absolute atomic E-state index is 0. The Hall–Kier alpha value is 0.770. The monoisotopic (exact) mass is 329 g/mol. The SMILES string of the molecule is CP(=O)([O-])F.C[N+](C)(C)CCO.I. The maximum atomic E-state index is 10.7. The molecule has 0 aromatic carbocycles. The van der Waals surface area contributed by atoms with E-state index in [0.717, 1.165) is 11.0 Å². The van der Waals surface area contributed by atoms with Crippen molar-refractivity contribution in [2.45, 2.75) is 0 Å². The molecule has 0 saturated heterocycles. The predicted octanol–water partition coefficient (Wildman–Crippen LogP) is 0.442. The largest absolute Gasteiger partial charge is 0.775 e. The summed E-state index contributed by atoms with van der Waals surface area (Å²) >= 11 is 0. The first-order chi connectivity index (χ1) is 5.06. The summed E-state index contributed by atoms with van der Waals surface area (Å²) in [4.78, 5) is 8.99. The molecule has 0 fully saturated rings. The Morgan fingerprint density at radius 3 is 1.69 bits per heavy atom. The third-order valence-electron chi connectivity index (χ3n) is 0.771. The molecule has 1 atom stereocenters. The summed E-state index contributed by atoms with van der Waals surface area (Å²) in [5, 5.41) is 8.39. The number of rotatable bonds is 2. The van der Waals surface area contributed by atoms with Gasteiger partial charge >= 0.3 is 0 Å². The average molecular weight is 329 g/mol. The molecule has 0 aliphatic rings. The summed E-state index contributed by atoms with van der Waals surface area (Å²) in [6, 6.07) is 0. The summed E-state index contributed by atoms with van der Waals surface area (Å²) in [7, 11) is 1.77. The van der Waals surface area contributed by atoms with E-state index in [9.17, 15) is 4.20 Å². The standard InChI is InChI=1S/C5H14NO.CH4FO2P.HI/c1-6(2,3)4-5-7;1-5(2,3)4;/h7H,4-5H2,1-3H3;1H3,(H,3,4);1H/q+1;;/p-1. The van der Waals surface area contributed by atoms with Crippen LogP contribution < -0.4 is 4.89 Å². The highest BCUT2D eigenvalue weighted by Gasteiger charge is 2.02. The van der Waals surface area contributed by atoms with Crippen LogP contribution >= 0.6 is 31.7 Å². The zero-order valence-electron chi connectivity index (χ0n) is 8.36. The minimum atomic E-state index is -4.39. The van der Waals surface area contributed by atoms with E-state index >= 15 is 0 Å². The van der Waals surface area contributed by atoms with Gasteiger partial charge in [-0.2, -0.15) is 0 Å². The van der Waals surface area contributed by atoms with Gasteiger partial charge in [-0.05, 0) is 0 Å². The van der Waals surface area contributed by atoms with Gasteiger partial charge in [-0.1, -0.05) is 0 Å². The van der Waals surface area contributed by atoms with Gasteiger partial charge in [-0.3, -0.25) is 0 Å². The van der Waals surface area contributed by atoms with Crippen LogP contribution in [0.3, 0.4) is 0 Å². The van der Waals surface area contributed by atoms with E-state index in [1.54, 1.807) is 0 Å². The van der Waals surface area contributed by atoms with Gasteiger partial charge in [0.1, 0.15) is 6.54 Å². The first-order valence-electron chi connectivity index (χ1n) is 3.46. The third kappa shape index (κ3) is 65.1. The lowest BCUT2D eigenvalue weighted by Gasteiger charge is -2.21. The van der Waals surface area contributed by atoms with Crippen LogP contribution in [0.2, 0.25) is 0 Å². The van der Waals surface area contributed by atoms with Crippen molar-refractivity contribution >= 4 is 31.7 Å². The Bertz CT molecular complexity index is 148. The number of aliphatic hydroxyl groups is 1. The highest BCUT2D eigenvalue weighted by atomic mass is 127. The van der Waals surface area contributed by atoms with E-state index in [1.165, 1.54) is 0 Å². The van der Waals surface area contributed by atoms with Crippen LogP contribution in [0.15, 0.2) is 0 Å². The van der Waals surface area contributed by atoms with Gasteiger partial charge in [0.15, 0.2) is 7.68 Å². The number of halogens is 2. The molecule has 0 aromatic rings. The van der Waals surface area contributed by atoms with E-state index in [4.69, 9.17) is 14.6 Å². The Kier molecular flexibility index (Phi) is 12.1. The summed E-state index contributed by atoms with van der Waals surface area (Å²) in [6.07, 6.45) is 0. The highest BCUT2D eigenvalue weighted by molar-refractivity contribution is 14.0. The average Bonchev–Trinajstić information content (AvgIpc) is 1.54. The second kappa shape index (κ2) is 8.11. The lowest BCUT2D eigenvalue weighted by molar-refractivity contribution is -0.870. The number of hydrogen-bond acceptors (Lipinski definition) is 3. The lowest BCUT2D eigenvalue weighted by atomic mass is 10.5. The number of nitrogens with zero attached hydrogens (tertiary/aromatic N) is 1. The van der Waals surface area contributed by atoms with Crippen LogP contribution in [0, 0.1) is 0 Å². The van der Waals surface area contributed by atoms with Crippen LogP contribution in [-0.4, -0.2) is 50.5 Å². The number of aliphatic hydroxyl groups excluding tert-OH is 1. The van der Waals surface area contributed by atoms with E-state index in [2.05, 4.69) is 21.1 Å². The quantitative estimate of drug-likeness (QED) is 0.454. The van der Waals surface area contributed by atoms with Crippen molar-refractivity contribution in [1.82, 2.24) is 0 Å². The van der Waals surface area contributed by atoms with Crippen LogP contribution in [-0.2, 0) is 4.57 Å². The topological polar surface area (TPSA) is 60.4 Å². The summed E-state index contributed by atoms with van der Waals surface area (Å²) in [6.45, 7) is 1.64. The van der Waals surface area contributed by atoms with Gasteiger partial charge in [-0.15, -0.1) is 24.0 Å². The molecule has 0 aliphatic carbocycles. The molecule has 1 unspecified atom stereocenters. The Balaban J connectivity index is -0.000000150. The molecular weight excluding hydrogens is 311 g/mol. The lowest BCUT2D eigenvalue weighted by Crippen LogP contribution is -2.36. The number of likely N-dealkylation sites (N-methyl/N-ethyl adjacent to an activating group) is 1. The molecule has 0 bridgehead atoms. The van der Waals surface area contributed by atoms with E-state index in [0.29, 0.717) is 6.66 Å². The summed E-state index contributed by atoms with van der Waals surface area (Å²) < 4.78 is 20.5. The van der Waals surface area contributed by atoms with Crippen molar-refractivity contribution in [1.29, 1.82) is 0 Å². The zero-order valence-corrected chi connectivity index (χ0v) is 11.6. The van der Waals surface area contributed by atoms with Gasteiger partial charge in [0.2, 0.25) is 0 Å². The van der Waals surface area contributed by atoms with Crippen molar-refractivity contribution in [2.24, 2.45) is 0 Å². The molecule has 0 radical (unpaired) electrons. The van der Waals surface area contributed by atoms with Crippen molar-refractivity contribution in [3.05, 3.63) is 0 Å². The van der Waals surface area contributed by atoms with Crippen LogP contribution in [0.4, 0.5) is 4.20 Å². The minimum Gasteiger partial charge on any atom is -0.775 e. The smallest absolute Gasteiger partial charge is 0.178 e. The third-order valence-corrected chi connectivity index (χ3v) is 0.771. The molecular formula is C6H18FINO3P. The van der Waals surface area contributed by atoms with Crippen molar-refractivity contribution < 1.29 is 23.2 Å². The Labute approximate surface area is 95.9 Å². The molecule has 1 N–H and O–H groups in total. The second-order valence-corrected chi connectivity index (χ2v) is 4.98. The molecule has 0 amide bonds. The molecule has 0 spiro atoms. The maximum Gasteiger partial charge on any atom is 0.178 e. The van der Waals surface area contributed by atoms with Crippen molar-refractivity contribution in [3.63, 3.8) is 0 Å². The highest BCUT2D eigenvalue weighted by Crippen LogP contribution is 2.29. The molecule has 0 heterocycles. The maximum absolute atomic E-state index is 10.7. The fourth-order valence-corrected chi connectivity index (χ4v) is 0.300. The molecule has 84 valence electrons. The fraction of sp³-hybridized carbons (Fsp3) is 1.00. The van der Waals surface area contributed by atoms with Gasteiger partial charge in [-0.25, -0.2) is 4.20 Å². The fourth-order valence-electron chi connectivity index (χ4n) is 0.300. The number of hydrogen-bond donors (Lipinski definition) is 1. The number of quaternary nitrogens is 1. The normalized spacial score (nSPS) is 14.7. The van der Waals surface area contributed by atoms with E-state index in [-0.39, 0.29) is 30.6 Å². The van der Waals surface area contributed by atoms with E-state index in [1.807, 2.05) is 0 Å². The van der Waals surface area contributed by atoms with E-state index < -0.39 is 7.68 Å². The Morgan fingerprint density at radius 2 is 1.69 bits per heavy atom. The van der Waals surface area contributed by atoms with Crippen LogP contribution in [0.5, 0.6) is 0 Å². The van der Waals surface area contributed by atoms with Crippen molar-refractivity contribution in [2.75, 3.05) is 41.0 Å². The second-order valence-electron chi connectivity index (χ2n) is 3.48. The summed E-state index contributed by atoms with van der Waals surface area (Å²) in [5.74, 6) is 0. The first kappa shape index (κ1) is 19.4. The summed E-state index contributed by atoms with van der Waals surface area (Å²) in [5.41, 5.74) is 0. The molecule has 4 nitrogen and oxygen atoms in total.